The second kappa shape index (κ2) is 8.41. The van der Waals surface area contributed by atoms with Crippen LogP contribution >= 0.6 is 24.0 Å². The van der Waals surface area contributed by atoms with E-state index in [0.717, 1.165) is 19.4 Å². The van der Waals surface area contributed by atoms with Crippen molar-refractivity contribution in [3.63, 3.8) is 0 Å². The second-order valence-electron chi connectivity index (χ2n) is 6.41. The van der Waals surface area contributed by atoms with E-state index in [4.69, 9.17) is 0 Å². The van der Waals surface area contributed by atoms with E-state index in [-0.39, 0.29) is 41.5 Å². The van der Waals surface area contributed by atoms with E-state index in [1.807, 2.05) is 0 Å². The quantitative estimate of drug-likeness (QED) is 0.317. The third-order valence-electron chi connectivity index (χ3n) is 3.19. The maximum absolute atomic E-state index is 11.4. The summed E-state index contributed by atoms with van der Waals surface area (Å²) in [4.78, 5) is 4.13. The fourth-order valence-corrected chi connectivity index (χ4v) is 3.80. The van der Waals surface area contributed by atoms with Gasteiger partial charge in [-0.15, -0.1) is 24.0 Å². The van der Waals surface area contributed by atoms with Crippen LogP contribution in [0.4, 0.5) is 0 Å². The normalized spacial score (nSPS) is 22.2. The Morgan fingerprint density at radius 3 is 2.45 bits per heavy atom. The lowest BCUT2D eigenvalue weighted by molar-refractivity contribution is 0.365. The minimum absolute atomic E-state index is 0. The van der Waals surface area contributed by atoms with Gasteiger partial charge in [-0.25, -0.2) is 8.42 Å². The van der Waals surface area contributed by atoms with Crippen molar-refractivity contribution in [3.05, 3.63) is 0 Å². The van der Waals surface area contributed by atoms with Crippen molar-refractivity contribution in [1.82, 2.24) is 10.6 Å². The smallest absolute Gasteiger partial charge is 0.191 e. The summed E-state index contributed by atoms with van der Waals surface area (Å²) in [5.41, 5.74) is 0.345. The van der Waals surface area contributed by atoms with Crippen LogP contribution in [0.5, 0.6) is 0 Å². The van der Waals surface area contributed by atoms with Crippen molar-refractivity contribution < 1.29 is 8.42 Å². The number of hydrogen-bond donors (Lipinski definition) is 2. The summed E-state index contributed by atoms with van der Waals surface area (Å²) in [5.74, 6) is 1.21. The van der Waals surface area contributed by atoms with Gasteiger partial charge < -0.3 is 10.6 Å². The van der Waals surface area contributed by atoms with Crippen molar-refractivity contribution in [2.75, 3.05) is 25.1 Å². The molecule has 0 spiro atoms. The average Bonchev–Trinajstić information content (AvgIpc) is 2.61. The third-order valence-corrected chi connectivity index (χ3v) is 4.96. The third kappa shape index (κ3) is 8.28. The van der Waals surface area contributed by atoms with Gasteiger partial charge in [0.05, 0.1) is 11.5 Å². The number of hydrogen-bond acceptors (Lipinski definition) is 3. The molecule has 0 aromatic rings. The SMILES string of the molecule is CN=C(NCCCC(C)(C)C)NC1CCS(=O)(=O)C1.I. The van der Waals surface area contributed by atoms with Crippen LogP contribution in [0.25, 0.3) is 0 Å². The highest BCUT2D eigenvalue weighted by atomic mass is 127. The summed E-state index contributed by atoms with van der Waals surface area (Å²) in [6, 6.07) is -0.00110. The Kier molecular flexibility index (Phi) is 8.39. The number of halogens is 1. The van der Waals surface area contributed by atoms with E-state index in [1.54, 1.807) is 7.05 Å². The van der Waals surface area contributed by atoms with Crippen molar-refractivity contribution in [1.29, 1.82) is 0 Å². The molecular weight excluding hydrogens is 389 g/mol. The Morgan fingerprint density at radius 1 is 1.35 bits per heavy atom. The number of nitrogens with zero attached hydrogens (tertiary/aromatic N) is 1. The zero-order chi connectivity index (χ0) is 14.5. The lowest BCUT2D eigenvalue weighted by atomic mass is 9.91. The fourth-order valence-electron chi connectivity index (χ4n) is 2.12. The van der Waals surface area contributed by atoms with Crippen LogP contribution in [0.2, 0.25) is 0 Å². The molecule has 0 aliphatic carbocycles. The molecule has 20 heavy (non-hydrogen) atoms. The molecule has 0 amide bonds. The summed E-state index contributed by atoms with van der Waals surface area (Å²) in [5, 5.41) is 6.42. The zero-order valence-electron chi connectivity index (χ0n) is 12.9. The molecule has 1 aliphatic heterocycles. The Morgan fingerprint density at radius 2 is 2.00 bits per heavy atom. The topological polar surface area (TPSA) is 70.6 Å². The molecule has 1 atom stereocenters. The van der Waals surface area contributed by atoms with E-state index in [1.165, 1.54) is 0 Å². The van der Waals surface area contributed by atoms with Crippen LogP contribution in [-0.2, 0) is 9.84 Å². The van der Waals surface area contributed by atoms with Crippen LogP contribution in [-0.4, -0.2) is 45.5 Å². The molecule has 2 N–H and O–H groups in total. The second-order valence-corrected chi connectivity index (χ2v) is 8.64. The molecule has 120 valence electrons. The molecular formula is C13H28IN3O2S. The molecule has 1 rings (SSSR count). The lowest BCUT2D eigenvalue weighted by Crippen LogP contribution is -2.44. The van der Waals surface area contributed by atoms with Crippen LogP contribution in [0, 0.1) is 5.41 Å². The van der Waals surface area contributed by atoms with Gasteiger partial charge in [-0.1, -0.05) is 20.8 Å². The van der Waals surface area contributed by atoms with Crippen molar-refractivity contribution in [3.8, 4) is 0 Å². The molecule has 0 radical (unpaired) electrons. The summed E-state index contributed by atoms with van der Waals surface area (Å²) in [6.45, 7) is 7.53. The van der Waals surface area contributed by atoms with Crippen LogP contribution in [0.15, 0.2) is 4.99 Å². The largest absolute Gasteiger partial charge is 0.356 e. The van der Waals surface area contributed by atoms with Gasteiger partial charge in [0, 0.05) is 19.6 Å². The highest BCUT2D eigenvalue weighted by Gasteiger charge is 2.28. The van der Waals surface area contributed by atoms with Crippen LogP contribution in [0.1, 0.15) is 40.0 Å². The first-order valence-corrected chi connectivity index (χ1v) is 8.72. The molecule has 7 heteroatoms. The highest BCUT2D eigenvalue weighted by molar-refractivity contribution is 14.0. The first-order chi connectivity index (χ1) is 8.72. The summed E-state index contributed by atoms with van der Waals surface area (Å²) < 4.78 is 22.8. The van der Waals surface area contributed by atoms with Gasteiger partial charge in [0.1, 0.15) is 0 Å². The standard InChI is InChI=1S/C13H27N3O2S.HI/c1-13(2,3)7-5-8-15-12(14-4)16-11-6-9-19(17,18)10-11;/h11H,5-10H2,1-4H3,(H2,14,15,16);1H. The van der Waals surface area contributed by atoms with Crippen LogP contribution in [0.3, 0.4) is 0 Å². The van der Waals surface area contributed by atoms with Gasteiger partial charge in [-0.3, -0.25) is 4.99 Å². The first-order valence-electron chi connectivity index (χ1n) is 6.89. The molecule has 0 bridgehead atoms. The Labute approximate surface area is 140 Å². The van der Waals surface area contributed by atoms with Crippen LogP contribution < -0.4 is 10.6 Å². The van der Waals surface area contributed by atoms with Gasteiger partial charge in [0.2, 0.25) is 0 Å². The maximum Gasteiger partial charge on any atom is 0.191 e. The molecule has 0 aromatic heterocycles. The Balaban J connectivity index is 0.00000361. The number of aliphatic imine (C=N–C) groups is 1. The molecule has 1 fully saturated rings. The molecule has 1 unspecified atom stereocenters. The Bertz CT molecular complexity index is 416. The average molecular weight is 417 g/mol. The van der Waals surface area contributed by atoms with Gasteiger partial charge in [-0.2, -0.15) is 0 Å². The van der Waals surface area contributed by atoms with Gasteiger partial charge >= 0.3 is 0 Å². The number of guanidine groups is 1. The molecule has 1 saturated heterocycles. The maximum atomic E-state index is 11.4. The predicted octanol–water partition coefficient (Wildman–Crippen LogP) is 1.78. The summed E-state index contributed by atoms with van der Waals surface area (Å²) >= 11 is 0. The van der Waals surface area contributed by atoms with E-state index in [0.29, 0.717) is 17.8 Å². The van der Waals surface area contributed by atoms with Gasteiger partial charge in [-0.05, 0) is 24.7 Å². The number of sulfone groups is 1. The number of rotatable bonds is 4. The molecule has 0 aromatic carbocycles. The van der Waals surface area contributed by atoms with E-state index in [9.17, 15) is 8.42 Å². The van der Waals surface area contributed by atoms with E-state index in [2.05, 4.69) is 36.4 Å². The van der Waals surface area contributed by atoms with Gasteiger partial charge in [0.25, 0.3) is 0 Å². The van der Waals surface area contributed by atoms with Gasteiger partial charge in [0.15, 0.2) is 15.8 Å². The van der Waals surface area contributed by atoms with Crippen molar-refractivity contribution >= 4 is 39.8 Å². The fraction of sp³-hybridized carbons (Fsp3) is 0.923. The van der Waals surface area contributed by atoms with E-state index < -0.39 is 9.84 Å². The van der Waals surface area contributed by atoms with Crippen molar-refractivity contribution in [2.24, 2.45) is 10.4 Å². The lowest BCUT2D eigenvalue weighted by Gasteiger charge is -2.19. The predicted molar refractivity (Wildman–Crippen MR) is 95.7 cm³/mol. The molecule has 5 nitrogen and oxygen atoms in total. The first kappa shape index (κ1) is 19.9. The number of nitrogens with one attached hydrogen (secondary N) is 2. The van der Waals surface area contributed by atoms with Crippen molar-refractivity contribution in [2.45, 2.75) is 46.1 Å². The minimum atomic E-state index is -2.84. The molecule has 0 saturated carbocycles. The highest BCUT2D eigenvalue weighted by Crippen LogP contribution is 2.19. The minimum Gasteiger partial charge on any atom is -0.356 e. The molecule has 1 heterocycles. The molecule has 1 aliphatic rings. The zero-order valence-corrected chi connectivity index (χ0v) is 16.0. The monoisotopic (exact) mass is 417 g/mol. The Hall–Kier alpha value is -0.0500. The summed E-state index contributed by atoms with van der Waals surface area (Å²) in [7, 11) is -1.13. The summed E-state index contributed by atoms with van der Waals surface area (Å²) in [6.07, 6.45) is 2.90. The van der Waals surface area contributed by atoms with E-state index >= 15 is 0 Å².